The molecule has 0 aliphatic rings. The number of halogens is 4. The topological polar surface area (TPSA) is 91.2 Å². The molecule has 1 aromatic carbocycles. The Labute approximate surface area is 211 Å². The number of rotatable bonds is 7. The van der Waals surface area contributed by atoms with Crippen LogP contribution < -0.4 is 10.1 Å². The van der Waals surface area contributed by atoms with Crippen molar-refractivity contribution >= 4 is 29.5 Å². The maximum Gasteiger partial charge on any atom is 0.434 e. The quantitative estimate of drug-likeness (QED) is 0.247. The molecule has 0 amide bonds. The maximum absolute atomic E-state index is 13.1. The van der Waals surface area contributed by atoms with Crippen LogP contribution in [0.1, 0.15) is 37.6 Å². The molecular weight excluding hydrogens is 499 g/mol. The van der Waals surface area contributed by atoms with Crippen LogP contribution in [0.4, 0.5) is 19.0 Å². The second kappa shape index (κ2) is 10.6. The summed E-state index contributed by atoms with van der Waals surface area (Å²) in [5, 5.41) is 3.13. The number of alkyl halides is 3. The van der Waals surface area contributed by atoms with E-state index in [2.05, 4.69) is 20.3 Å². The van der Waals surface area contributed by atoms with Gasteiger partial charge in [-0.25, -0.2) is 19.7 Å². The van der Waals surface area contributed by atoms with Gasteiger partial charge in [-0.1, -0.05) is 6.07 Å². The Hall–Kier alpha value is -3.60. The largest absolute Gasteiger partial charge is 0.496 e. The van der Waals surface area contributed by atoms with E-state index in [4.69, 9.17) is 21.1 Å². The first-order chi connectivity index (χ1) is 16.8. The van der Waals surface area contributed by atoms with Crippen LogP contribution in [0.25, 0.3) is 17.5 Å². The number of hydrogen-bond donors (Lipinski definition) is 1. The number of carbonyl (C=O) groups is 1. The zero-order valence-electron chi connectivity index (χ0n) is 20.3. The molecule has 8 nitrogen and oxygen atoms in total. The molecule has 1 N–H and O–H groups in total. The highest BCUT2D eigenvalue weighted by molar-refractivity contribution is 6.28. The molecule has 2 heterocycles. The number of imidazole rings is 1. The average molecular weight is 524 g/mol. The van der Waals surface area contributed by atoms with Gasteiger partial charge >= 0.3 is 12.1 Å². The van der Waals surface area contributed by atoms with Gasteiger partial charge in [0, 0.05) is 37.6 Å². The number of esters is 1. The molecule has 36 heavy (non-hydrogen) atoms. The highest BCUT2D eigenvalue weighted by Gasteiger charge is 2.34. The van der Waals surface area contributed by atoms with Gasteiger partial charge in [0.05, 0.1) is 12.7 Å². The summed E-state index contributed by atoms with van der Waals surface area (Å²) in [4.78, 5) is 23.9. The van der Waals surface area contributed by atoms with E-state index in [1.54, 1.807) is 39.0 Å². The minimum atomic E-state index is -4.55. The maximum atomic E-state index is 13.1. The van der Waals surface area contributed by atoms with Crippen LogP contribution in [-0.4, -0.2) is 38.2 Å². The number of hydrogen-bond acceptors (Lipinski definition) is 7. The number of nitrogens with zero attached hydrogens (tertiary/aromatic N) is 4. The van der Waals surface area contributed by atoms with Crippen molar-refractivity contribution in [2.45, 2.75) is 39.1 Å². The van der Waals surface area contributed by atoms with Crippen LogP contribution in [0.5, 0.6) is 5.75 Å². The lowest BCUT2D eigenvalue weighted by Gasteiger charge is -2.18. The monoisotopic (exact) mass is 523 g/mol. The summed E-state index contributed by atoms with van der Waals surface area (Å²) < 4.78 is 51.2. The molecule has 0 bridgehead atoms. The molecule has 0 aliphatic heterocycles. The Morgan fingerprint density at radius 2 is 1.94 bits per heavy atom. The SMILES string of the molecule is COc1cc(CNc2nc(Cl)ncc2/C=C/C(=O)OC(C)(C)C)ccc1-c1nc(C(F)(F)F)cn1C. The number of aryl methyl sites for hydroxylation is 1. The summed E-state index contributed by atoms with van der Waals surface area (Å²) in [6, 6.07) is 5.05. The van der Waals surface area contributed by atoms with E-state index in [1.165, 1.54) is 37.1 Å². The molecule has 0 aliphatic carbocycles. The van der Waals surface area contributed by atoms with Crippen molar-refractivity contribution in [2.75, 3.05) is 12.4 Å². The Kier molecular flexibility index (Phi) is 7.92. The third-order valence-electron chi connectivity index (χ3n) is 4.73. The molecule has 192 valence electrons. The van der Waals surface area contributed by atoms with Crippen molar-refractivity contribution in [2.24, 2.45) is 7.05 Å². The number of anilines is 1. The zero-order valence-corrected chi connectivity index (χ0v) is 21.0. The summed E-state index contributed by atoms with van der Waals surface area (Å²) in [5.41, 5.74) is 0.0397. The molecule has 0 saturated carbocycles. The first-order valence-electron chi connectivity index (χ1n) is 10.7. The zero-order chi connectivity index (χ0) is 26.7. The molecule has 0 spiro atoms. The molecular formula is C24H25ClF3N5O3. The molecule has 12 heteroatoms. The van der Waals surface area contributed by atoms with Crippen molar-refractivity contribution in [1.29, 1.82) is 0 Å². The van der Waals surface area contributed by atoms with Crippen molar-refractivity contribution in [1.82, 2.24) is 19.5 Å². The second-order valence-electron chi connectivity index (χ2n) is 8.76. The Morgan fingerprint density at radius 1 is 1.22 bits per heavy atom. The van der Waals surface area contributed by atoms with Crippen LogP contribution in [0.3, 0.4) is 0 Å². The lowest BCUT2D eigenvalue weighted by Crippen LogP contribution is -2.22. The summed E-state index contributed by atoms with van der Waals surface area (Å²) in [5.74, 6) is 0.321. The van der Waals surface area contributed by atoms with Gasteiger partial charge < -0.3 is 19.4 Å². The van der Waals surface area contributed by atoms with E-state index >= 15 is 0 Å². The van der Waals surface area contributed by atoms with Gasteiger partial charge in [-0.3, -0.25) is 0 Å². The molecule has 3 aromatic rings. The number of aromatic nitrogens is 4. The minimum absolute atomic E-state index is 0.00935. The number of ether oxygens (including phenoxy) is 2. The van der Waals surface area contributed by atoms with Gasteiger partial charge in [-0.2, -0.15) is 13.2 Å². The van der Waals surface area contributed by atoms with Crippen LogP contribution in [0.2, 0.25) is 5.28 Å². The van der Waals surface area contributed by atoms with E-state index in [-0.39, 0.29) is 17.7 Å². The summed E-state index contributed by atoms with van der Waals surface area (Å²) in [6.07, 6.45) is 0.608. The third-order valence-corrected chi connectivity index (χ3v) is 4.91. The van der Waals surface area contributed by atoms with Crippen molar-refractivity contribution in [3.05, 3.63) is 58.8 Å². The van der Waals surface area contributed by atoms with Crippen molar-refractivity contribution < 1.29 is 27.4 Å². The van der Waals surface area contributed by atoms with Gasteiger partial charge in [-0.05, 0) is 56.1 Å². The summed E-state index contributed by atoms with van der Waals surface area (Å²) in [6.45, 7) is 5.56. The summed E-state index contributed by atoms with van der Waals surface area (Å²) in [7, 11) is 2.91. The lowest BCUT2D eigenvalue weighted by atomic mass is 10.1. The van der Waals surface area contributed by atoms with Crippen LogP contribution in [0.15, 0.2) is 36.7 Å². The van der Waals surface area contributed by atoms with Crippen LogP contribution in [0, 0.1) is 0 Å². The van der Waals surface area contributed by atoms with E-state index in [1.807, 2.05) is 0 Å². The fraction of sp³-hybridized carbons (Fsp3) is 0.333. The Balaban J connectivity index is 1.81. The van der Waals surface area contributed by atoms with Gasteiger partial charge in [0.15, 0.2) is 5.69 Å². The van der Waals surface area contributed by atoms with E-state index < -0.39 is 23.4 Å². The Morgan fingerprint density at radius 3 is 2.56 bits per heavy atom. The average Bonchev–Trinajstić information content (AvgIpc) is 3.17. The standard InChI is InChI=1S/C24H25ClF3N5O3/c1-23(2,3)36-19(34)9-7-15-12-30-22(25)32-20(15)29-11-14-6-8-16(17(10-14)35-5)21-31-18(13-33(21)4)24(26,27)28/h6-10,12-13H,11H2,1-5H3,(H,29,30,32)/b9-7+. The van der Waals surface area contributed by atoms with E-state index in [9.17, 15) is 18.0 Å². The predicted molar refractivity (Wildman–Crippen MR) is 129 cm³/mol. The van der Waals surface area contributed by atoms with Crippen LogP contribution in [-0.2, 0) is 29.3 Å². The van der Waals surface area contributed by atoms with Crippen molar-refractivity contribution in [3.63, 3.8) is 0 Å². The lowest BCUT2D eigenvalue weighted by molar-refractivity contribution is -0.148. The van der Waals surface area contributed by atoms with Gasteiger partial charge in [0.1, 0.15) is 23.0 Å². The third kappa shape index (κ3) is 6.97. The Bertz CT molecular complexity index is 1280. The fourth-order valence-electron chi connectivity index (χ4n) is 3.20. The highest BCUT2D eigenvalue weighted by atomic mass is 35.5. The molecule has 0 radical (unpaired) electrons. The first-order valence-corrected chi connectivity index (χ1v) is 11.1. The smallest absolute Gasteiger partial charge is 0.434 e. The molecule has 0 fully saturated rings. The first kappa shape index (κ1) is 27.0. The van der Waals surface area contributed by atoms with Gasteiger partial charge in [0.25, 0.3) is 0 Å². The van der Waals surface area contributed by atoms with Crippen molar-refractivity contribution in [3.8, 4) is 17.1 Å². The molecule has 0 unspecified atom stereocenters. The second-order valence-corrected chi connectivity index (χ2v) is 9.09. The molecule has 0 saturated heterocycles. The summed E-state index contributed by atoms with van der Waals surface area (Å²) >= 11 is 5.95. The normalized spacial score (nSPS) is 12.1. The highest BCUT2D eigenvalue weighted by Crippen LogP contribution is 2.34. The minimum Gasteiger partial charge on any atom is -0.496 e. The van der Waals surface area contributed by atoms with E-state index in [0.717, 1.165) is 11.8 Å². The predicted octanol–water partition coefficient (Wildman–Crippen LogP) is 5.52. The van der Waals surface area contributed by atoms with Gasteiger partial charge in [0.2, 0.25) is 5.28 Å². The van der Waals surface area contributed by atoms with Crippen LogP contribution >= 0.6 is 11.6 Å². The van der Waals surface area contributed by atoms with Gasteiger partial charge in [-0.15, -0.1) is 0 Å². The molecule has 3 rings (SSSR count). The number of benzene rings is 1. The fourth-order valence-corrected chi connectivity index (χ4v) is 3.33. The number of carbonyl (C=O) groups excluding carboxylic acids is 1. The number of methoxy groups -OCH3 is 1. The molecule has 2 aromatic heterocycles. The van der Waals surface area contributed by atoms with E-state index in [0.29, 0.717) is 22.7 Å². The molecule has 0 atom stereocenters. The number of nitrogens with one attached hydrogen (secondary N) is 1.